The second-order valence-corrected chi connectivity index (χ2v) is 6.29. The fraction of sp³-hybridized carbons (Fsp3) is 0.643. The van der Waals surface area contributed by atoms with E-state index in [4.69, 9.17) is 0 Å². The van der Waals surface area contributed by atoms with Crippen molar-refractivity contribution in [1.29, 1.82) is 0 Å². The molecule has 20 heavy (non-hydrogen) atoms. The van der Waals surface area contributed by atoms with E-state index >= 15 is 0 Å². The third kappa shape index (κ3) is 2.09. The molecule has 0 radical (unpaired) electrons. The Labute approximate surface area is 118 Å². The smallest absolute Gasteiger partial charge is 0.246 e. The van der Waals surface area contributed by atoms with Gasteiger partial charge in [-0.25, -0.2) is 0 Å². The molecule has 0 aromatic carbocycles. The van der Waals surface area contributed by atoms with Crippen molar-refractivity contribution in [2.75, 3.05) is 0 Å². The maximum atomic E-state index is 12.7. The van der Waals surface area contributed by atoms with Crippen molar-refractivity contribution in [3.63, 3.8) is 0 Å². The molecule has 1 aliphatic carbocycles. The number of amides is 2. The monoisotopic (exact) mass is 276 g/mol. The Bertz CT molecular complexity index is 559. The summed E-state index contributed by atoms with van der Waals surface area (Å²) in [5, 5.41) is 7.01. The summed E-state index contributed by atoms with van der Waals surface area (Å²) in [5.74, 6) is 0.276. The van der Waals surface area contributed by atoms with Gasteiger partial charge in [0, 0.05) is 25.4 Å². The Hall–Kier alpha value is -1.85. The van der Waals surface area contributed by atoms with Crippen LogP contribution in [0.5, 0.6) is 0 Å². The highest BCUT2D eigenvalue weighted by atomic mass is 16.2. The van der Waals surface area contributed by atoms with Crippen molar-refractivity contribution in [2.24, 2.45) is 13.0 Å². The van der Waals surface area contributed by atoms with Crippen LogP contribution in [0.25, 0.3) is 0 Å². The summed E-state index contributed by atoms with van der Waals surface area (Å²) >= 11 is 0. The third-order valence-corrected chi connectivity index (χ3v) is 4.24. The van der Waals surface area contributed by atoms with Gasteiger partial charge in [-0.05, 0) is 32.6 Å². The van der Waals surface area contributed by atoms with E-state index in [-0.39, 0.29) is 17.9 Å². The molecule has 1 unspecified atom stereocenters. The van der Waals surface area contributed by atoms with Gasteiger partial charge < -0.3 is 10.2 Å². The zero-order chi connectivity index (χ0) is 14.5. The van der Waals surface area contributed by atoms with E-state index in [2.05, 4.69) is 10.4 Å². The number of hydrogen-bond donors (Lipinski definition) is 1. The van der Waals surface area contributed by atoms with E-state index in [9.17, 15) is 9.59 Å². The Kier molecular flexibility index (Phi) is 2.84. The molecular formula is C14H20N4O2. The molecule has 1 aromatic heterocycles. The number of carbonyl (C=O) groups is 2. The van der Waals surface area contributed by atoms with Crippen LogP contribution in [-0.2, 0) is 23.2 Å². The summed E-state index contributed by atoms with van der Waals surface area (Å²) in [6.45, 7) is 4.01. The van der Waals surface area contributed by atoms with Crippen LogP contribution in [0.3, 0.4) is 0 Å². The Balaban J connectivity index is 1.87. The van der Waals surface area contributed by atoms with Crippen molar-refractivity contribution >= 4 is 11.8 Å². The average Bonchev–Trinajstić information content (AvgIpc) is 3.13. The van der Waals surface area contributed by atoms with Gasteiger partial charge in [-0.15, -0.1) is 0 Å². The molecule has 2 fully saturated rings. The van der Waals surface area contributed by atoms with Crippen molar-refractivity contribution < 1.29 is 9.59 Å². The summed E-state index contributed by atoms with van der Waals surface area (Å²) in [5.41, 5.74) is 0.122. The molecule has 2 amide bonds. The zero-order valence-electron chi connectivity index (χ0n) is 12.1. The minimum Gasteiger partial charge on any atom is -0.342 e. The first kappa shape index (κ1) is 13.1. The molecule has 1 atom stereocenters. The lowest BCUT2D eigenvalue weighted by Gasteiger charge is -2.44. The lowest BCUT2D eigenvalue weighted by Crippen LogP contribution is -2.68. The highest BCUT2D eigenvalue weighted by Crippen LogP contribution is 2.37. The highest BCUT2D eigenvalue weighted by Gasteiger charge is 2.50. The molecule has 0 bridgehead atoms. The molecule has 1 saturated heterocycles. The molecule has 1 N–H and O–H groups in total. The van der Waals surface area contributed by atoms with Gasteiger partial charge in [0.05, 0.1) is 6.20 Å². The van der Waals surface area contributed by atoms with Crippen LogP contribution in [0, 0.1) is 5.92 Å². The molecule has 0 spiro atoms. The van der Waals surface area contributed by atoms with Crippen LogP contribution >= 0.6 is 0 Å². The topological polar surface area (TPSA) is 67.2 Å². The Morgan fingerprint density at radius 2 is 2.10 bits per heavy atom. The standard InChI is InChI=1S/C14H20N4O2/c1-14(2)13(20)16-11(10-4-5-10)12(19)18(14)8-9-6-15-17(3)7-9/h6-7,10-11H,4-5,8H2,1-3H3,(H,16,20). The summed E-state index contributed by atoms with van der Waals surface area (Å²) < 4.78 is 1.70. The minimum absolute atomic E-state index is 0.0287. The van der Waals surface area contributed by atoms with Crippen LogP contribution in [-0.4, -0.2) is 38.1 Å². The number of piperazine rings is 1. The van der Waals surface area contributed by atoms with Gasteiger partial charge >= 0.3 is 0 Å². The van der Waals surface area contributed by atoms with E-state index in [0.29, 0.717) is 12.5 Å². The largest absolute Gasteiger partial charge is 0.342 e. The number of hydrogen-bond acceptors (Lipinski definition) is 3. The van der Waals surface area contributed by atoms with Crippen LogP contribution in [0.1, 0.15) is 32.3 Å². The van der Waals surface area contributed by atoms with Gasteiger partial charge in [-0.2, -0.15) is 5.10 Å². The zero-order valence-corrected chi connectivity index (χ0v) is 12.1. The van der Waals surface area contributed by atoms with Crippen molar-refractivity contribution in [2.45, 2.75) is 44.8 Å². The van der Waals surface area contributed by atoms with Crippen LogP contribution < -0.4 is 5.32 Å². The third-order valence-electron chi connectivity index (χ3n) is 4.24. The van der Waals surface area contributed by atoms with E-state index in [1.807, 2.05) is 13.2 Å². The molecule has 6 heteroatoms. The summed E-state index contributed by atoms with van der Waals surface area (Å²) in [4.78, 5) is 26.6. The van der Waals surface area contributed by atoms with Crippen LogP contribution in [0.4, 0.5) is 0 Å². The lowest BCUT2D eigenvalue weighted by atomic mass is 9.93. The first-order valence-electron chi connectivity index (χ1n) is 6.99. The second kappa shape index (κ2) is 4.33. The number of carbonyl (C=O) groups excluding carboxylic acids is 2. The van der Waals surface area contributed by atoms with Gasteiger partial charge in [-0.1, -0.05) is 0 Å². The fourth-order valence-electron chi connectivity index (χ4n) is 2.71. The quantitative estimate of drug-likeness (QED) is 0.871. The van der Waals surface area contributed by atoms with Gasteiger partial charge in [-0.3, -0.25) is 14.3 Å². The SMILES string of the molecule is Cn1cc(CN2C(=O)C(C3CC3)NC(=O)C2(C)C)cn1. The van der Waals surface area contributed by atoms with Crippen LogP contribution in [0.2, 0.25) is 0 Å². The number of nitrogens with one attached hydrogen (secondary N) is 1. The maximum absolute atomic E-state index is 12.7. The predicted octanol–water partition coefficient (Wildman–Crippen LogP) is 0.436. The number of rotatable bonds is 3. The summed E-state index contributed by atoms with van der Waals surface area (Å²) in [6.07, 6.45) is 5.67. The molecule has 6 nitrogen and oxygen atoms in total. The Morgan fingerprint density at radius 1 is 1.40 bits per heavy atom. The first-order chi connectivity index (χ1) is 9.39. The first-order valence-corrected chi connectivity index (χ1v) is 6.99. The molecule has 2 aliphatic rings. The van der Waals surface area contributed by atoms with Gasteiger partial charge in [0.25, 0.3) is 0 Å². The van der Waals surface area contributed by atoms with Gasteiger partial charge in [0.15, 0.2) is 0 Å². The lowest BCUT2D eigenvalue weighted by molar-refractivity contribution is -0.156. The highest BCUT2D eigenvalue weighted by molar-refractivity contribution is 5.99. The van der Waals surface area contributed by atoms with Crippen molar-refractivity contribution in [1.82, 2.24) is 20.0 Å². The van der Waals surface area contributed by atoms with E-state index in [1.165, 1.54) is 0 Å². The summed E-state index contributed by atoms with van der Waals surface area (Å²) in [6, 6.07) is -0.341. The number of aromatic nitrogens is 2. The molecule has 1 saturated carbocycles. The number of nitrogens with zero attached hydrogens (tertiary/aromatic N) is 3. The predicted molar refractivity (Wildman–Crippen MR) is 72.5 cm³/mol. The maximum Gasteiger partial charge on any atom is 0.246 e. The fourth-order valence-corrected chi connectivity index (χ4v) is 2.71. The van der Waals surface area contributed by atoms with E-state index in [0.717, 1.165) is 18.4 Å². The van der Waals surface area contributed by atoms with Crippen LogP contribution in [0.15, 0.2) is 12.4 Å². The molecule has 1 aliphatic heterocycles. The molecule has 3 rings (SSSR count). The summed E-state index contributed by atoms with van der Waals surface area (Å²) in [7, 11) is 1.84. The molecule has 2 heterocycles. The minimum atomic E-state index is -0.821. The Morgan fingerprint density at radius 3 is 2.65 bits per heavy atom. The second-order valence-electron chi connectivity index (χ2n) is 6.29. The van der Waals surface area contributed by atoms with E-state index < -0.39 is 5.54 Å². The van der Waals surface area contributed by atoms with Crippen molar-refractivity contribution in [3.05, 3.63) is 18.0 Å². The van der Waals surface area contributed by atoms with E-state index in [1.54, 1.807) is 29.6 Å². The average molecular weight is 276 g/mol. The molecule has 1 aromatic rings. The molecule has 108 valence electrons. The number of aryl methyl sites for hydroxylation is 1. The van der Waals surface area contributed by atoms with Crippen molar-refractivity contribution in [3.8, 4) is 0 Å². The van der Waals surface area contributed by atoms with Gasteiger partial charge in [0.2, 0.25) is 11.8 Å². The molecular weight excluding hydrogens is 256 g/mol. The van der Waals surface area contributed by atoms with Gasteiger partial charge in [0.1, 0.15) is 11.6 Å². The normalized spacial score (nSPS) is 25.8.